The van der Waals surface area contributed by atoms with E-state index in [1.807, 2.05) is 29.2 Å². The number of fused-ring (bicyclic) bond motifs is 1. The van der Waals surface area contributed by atoms with Crippen LogP contribution >= 0.6 is 0 Å². The summed E-state index contributed by atoms with van der Waals surface area (Å²) in [5.41, 5.74) is 3.25. The first-order valence-corrected chi connectivity index (χ1v) is 10.0. The van der Waals surface area contributed by atoms with Gasteiger partial charge in [-0.05, 0) is 49.1 Å². The molecule has 148 valence electrons. The van der Waals surface area contributed by atoms with Gasteiger partial charge in [-0.2, -0.15) is 0 Å². The Morgan fingerprint density at radius 3 is 2.86 bits per heavy atom. The van der Waals surface area contributed by atoms with Crippen LogP contribution in [0.15, 0.2) is 36.5 Å². The van der Waals surface area contributed by atoms with Crippen LogP contribution in [0.3, 0.4) is 0 Å². The summed E-state index contributed by atoms with van der Waals surface area (Å²) >= 11 is 0. The second-order valence-electron chi connectivity index (χ2n) is 7.50. The van der Waals surface area contributed by atoms with Gasteiger partial charge in [-0.1, -0.05) is 25.0 Å². The molecule has 2 aliphatic rings. The van der Waals surface area contributed by atoms with Gasteiger partial charge in [0.25, 0.3) is 0 Å². The molecule has 0 saturated heterocycles. The second-order valence-corrected chi connectivity index (χ2v) is 7.50. The molecule has 1 aromatic heterocycles. The third-order valence-electron chi connectivity index (χ3n) is 5.57. The second kappa shape index (κ2) is 8.50. The van der Waals surface area contributed by atoms with E-state index in [4.69, 9.17) is 9.47 Å². The number of ether oxygens (including phenoxy) is 2. The van der Waals surface area contributed by atoms with Crippen LogP contribution in [0.1, 0.15) is 42.5 Å². The van der Waals surface area contributed by atoms with Crippen molar-refractivity contribution in [2.45, 2.75) is 51.6 Å². The molecule has 0 unspecified atom stereocenters. The number of hydrogen-bond donors (Lipinski definition) is 1. The summed E-state index contributed by atoms with van der Waals surface area (Å²) in [6, 6.07) is 10.2. The number of nitrogens with zero attached hydrogens (tertiary/aromatic N) is 2. The zero-order chi connectivity index (χ0) is 19.3. The molecule has 1 aromatic carbocycles. The summed E-state index contributed by atoms with van der Waals surface area (Å²) in [6.07, 6.45) is 7.04. The predicted octanol–water partition coefficient (Wildman–Crippen LogP) is 3.82. The zero-order valence-electron chi connectivity index (χ0n) is 16.3. The molecule has 1 saturated carbocycles. The van der Waals surface area contributed by atoms with Crippen molar-refractivity contribution in [3.05, 3.63) is 53.3 Å². The highest BCUT2D eigenvalue weighted by Crippen LogP contribution is 2.33. The number of hydrogen-bond acceptors (Lipinski definition) is 4. The van der Waals surface area contributed by atoms with Crippen molar-refractivity contribution in [1.82, 2.24) is 15.2 Å². The van der Waals surface area contributed by atoms with Gasteiger partial charge in [0.1, 0.15) is 0 Å². The van der Waals surface area contributed by atoms with E-state index in [1.54, 1.807) is 6.20 Å². The van der Waals surface area contributed by atoms with Gasteiger partial charge in [0, 0.05) is 37.4 Å². The van der Waals surface area contributed by atoms with Crippen molar-refractivity contribution in [2.75, 3.05) is 13.3 Å². The average molecular weight is 381 g/mol. The van der Waals surface area contributed by atoms with Gasteiger partial charge in [0.05, 0.1) is 0 Å². The van der Waals surface area contributed by atoms with Crippen LogP contribution < -0.4 is 14.8 Å². The quantitative estimate of drug-likeness (QED) is 0.826. The topological polar surface area (TPSA) is 63.7 Å². The maximum Gasteiger partial charge on any atom is 0.317 e. The standard InChI is InChI=1S/C22H27N3O3/c1-16-5-4-11-23-19(16)10-12-24-22(26)25(18-6-2-3-7-18)14-17-8-9-20-21(13-17)28-15-27-20/h4-5,8-9,11,13,18H,2-3,6-7,10,12,14-15H2,1H3,(H,24,26). The fourth-order valence-corrected chi connectivity index (χ4v) is 3.99. The normalized spacial score (nSPS) is 15.6. The first kappa shape index (κ1) is 18.6. The number of nitrogens with one attached hydrogen (secondary N) is 1. The van der Waals surface area contributed by atoms with Crippen molar-refractivity contribution in [1.29, 1.82) is 0 Å². The Balaban J connectivity index is 1.40. The zero-order valence-corrected chi connectivity index (χ0v) is 16.3. The summed E-state index contributed by atoms with van der Waals surface area (Å²) in [7, 11) is 0. The lowest BCUT2D eigenvalue weighted by molar-refractivity contribution is 0.170. The smallest absolute Gasteiger partial charge is 0.317 e. The molecule has 6 nitrogen and oxygen atoms in total. The maximum absolute atomic E-state index is 13.0. The number of rotatable bonds is 6. The number of carbonyl (C=O) groups excluding carboxylic acids is 1. The summed E-state index contributed by atoms with van der Waals surface area (Å²) < 4.78 is 10.9. The van der Waals surface area contributed by atoms with Crippen molar-refractivity contribution in [3.8, 4) is 11.5 Å². The van der Waals surface area contributed by atoms with Gasteiger partial charge in [-0.25, -0.2) is 4.79 Å². The minimum absolute atomic E-state index is 0.00171. The summed E-state index contributed by atoms with van der Waals surface area (Å²) in [4.78, 5) is 19.4. The van der Waals surface area contributed by atoms with Gasteiger partial charge < -0.3 is 19.7 Å². The van der Waals surface area contributed by atoms with Gasteiger partial charge in [0.2, 0.25) is 6.79 Å². The summed E-state index contributed by atoms with van der Waals surface area (Å²) in [5, 5.41) is 3.10. The van der Waals surface area contributed by atoms with E-state index >= 15 is 0 Å². The Bertz CT molecular complexity index is 834. The van der Waals surface area contributed by atoms with Crippen molar-refractivity contribution >= 4 is 6.03 Å². The fourth-order valence-electron chi connectivity index (χ4n) is 3.99. The van der Waals surface area contributed by atoms with Crippen molar-refractivity contribution < 1.29 is 14.3 Å². The molecule has 2 amide bonds. The van der Waals surface area contributed by atoms with E-state index in [9.17, 15) is 4.79 Å². The van der Waals surface area contributed by atoms with E-state index < -0.39 is 0 Å². The first-order valence-electron chi connectivity index (χ1n) is 10.0. The lowest BCUT2D eigenvalue weighted by atomic mass is 10.1. The predicted molar refractivity (Wildman–Crippen MR) is 106 cm³/mol. The number of amides is 2. The van der Waals surface area contributed by atoms with Gasteiger partial charge in [-0.3, -0.25) is 4.98 Å². The molecule has 1 aliphatic heterocycles. The average Bonchev–Trinajstić information content (AvgIpc) is 3.39. The van der Waals surface area contributed by atoms with Gasteiger partial charge in [-0.15, -0.1) is 0 Å². The fraction of sp³-hybridized carbons (Fsp3) is 0.455. The molecule has 0 bridgehead atoms. The van der Waals surface area contributed by atoms with E-state index in [1.165, 1.54) is 12.8 Å². The number of aryl methyl sites for hydroxylation is 1. The molecule has 0 atom stereocenters. The number of urea groups is 1. The molecular weight excluding hydrogens is 354 g/mol. The minimum Gasteiger partial charge on any atom is -0.454 e. The SMILES string of the molecule is Cc1cccnc1CCNC(=O)N(Cc1ccc2c(c1)OCO2)C1CCCC1. The van der Waals surface area contributed by atoms with Gasteiger partial charge in [0.15, 0.2) is 11.5 Å². The van der Waals surface area contributed by atoms with E-state index in [2.05, 4.69) is 23.3 Å². The Hall–Kier alpha value is -2.76. The summed E-state index contributed by atoms with van der Waals surface area (Å²) in [6.45, 7) is 3.48. The summed E-state index contributed by atoms with van der Waals surface area (Å²) in [5.74, 6) is 1.53. The molecule has 1 aliphatic carbocycles. The minimum atomic E-state index is -0.00171. The highest BCUT2D eigenvalue weighted by molar-refractivity contribution is 5.74. The Morgan fingerprint density at radius 1 is 1.21 bits per heavy atom. The van der Waals surface area contributed by atoms with Crippen LogP contribution in [0.2, 0.25) is 0 Å². The monoisotopic (exact) mass is 381 g/mol. The number of pyridine rings is 1. The molecular formula is C22H27N3O3. The van der Waals surface area contributed by atoms with Gasteiger partial charge >= 0.3 is 6.03 Å². The number of carbonyl (C=O) groups is 1. The van der Waals surface area contributed by atoms with Crippen LogP contribution in [0.4, 0.5) is 4.79 Å². The molecule has 1 N–H and O–H groups in total. The van der Waals surface area contributed by atoms with E-state index in [0.29, 0.717) is 19.1 Å². The molecule has 6 heteroatoms. The first-order chi connectivity index (χ1) is 13.7. The molecule has 0 spiro atoms. The maximum atomic E-state index is 13.0. The van der Waals surface area contributed by atoms with Crippen molar-refractivity contribution in [3.63, 3.8) is 0 Å². The number of benzene rings is 1. The molecule has 1 fully saturated rings. The molecule has 4 rings (SSSR count). The third kappa shape index (κ3) is 4.21. The van der Waals surface area contributed by atoms with Crippen LogP contribution in [0, 0.1) is 6.92 Å². The highest BCUT2D eigenvalue weighted by atomic mass is 16.7. The lowest BCUT2D eigenvalue weighted by Crippen LogP contribution is -2.45. The molecule has 2 heterocycles. The third-order valence-corrected chi connectivity index (χ3v) is 5.57. The van der Waals surface area contributed by atoms with E-state index in [0.717, 1.165) is 47.6 Å². The Morgan fingerprint density at radius 2 is 2.04 bits per heavy atom. The molecule has 2 aromatic rings. The largest absolute Gasteiger partial charge is 0.454 e. The number of aromatic nitrogens is 1. The van der Waals surface area contributed by atoms with E-state index in [-0.39, 0.29) is 12.8 Å². The van der Waals surface area contributed by atoms with Crippen LogP contribution in [0.5, 0.6) is 11.5 Å². The molecule has 28 heavy (non-hydrogen) atoms. The lowest BCUT2D eigenvalue weighted by Gasteiger charge is -2.29. The molecule has 0 radical (unpaired) electrons. The Kier molecular flexibility index (Phi) is 5.65. The highest BCUT2D eigenvalue weighted by Gasteiger charge is 2.27. The Labute approximate surface area is 165 Å². The van der Waals surface area contributed by atoms with Crippen molar-refractivity contribution in [2.24, 2.45) is 0 Å². The van der Waals surface area contributed by atoms with Crippen LogP contribution in [-0.4, -0.2) is 35.3 Å². The van der Waals surface area contributed by atoms with Crippen LogP contribution in [-0.2, 0) is 13.0 Å². The van der Waals surface area contributed by atoms with Crippen LogP contribution in [0.25, 0.3) is 0 Å².